The van der Waals surface area contributed by atoms with E-state index in [2.05, 4.69) is 6.92 Å². The second kappa shape index (κ2) is 5.92. The molecule has 3 rings (SSSR count). The molecule has 3 saturated carbocycles. The maximum absolute atomic E-state index is 12.0. The molecule has 0 radical (unpaired) electrons. The average Bonchev–Trinajstić information content (AvgIpc) is 2.30. The van der Waals surface area contributed by atoms with Crippen LogP contribution in [-0.2, 0) is 19.1 Å². The van der Waals surface area contributed by atoms with Crippen LogP contribution in [0.2, 0.25) is 0 Å². The SMILES string of the molecule is CCCCC[C@H]1[C@@H]2CC[C@@H](C(=O)C2)[C@H]1OS(C)(=O)=O. The van der Waals surface area contributed by atoms with Gasteiger partial charge in [-0.05, 0) is 31.1 Å². The molecule has 5 heteroatoms. The molecule has 3 aliphatic carbocycles. The van der Waals surface area contributed by atoms with Gasteiger partial charge in [-0.15, -0.1) is 0 Å². The summed E-state index contributed by atoms with van der Waals surface area (Å²) in [5.74, 6) is 0.599. The maximum atomic E-state index is 12.0. The molecular weight excluding hydrogens is 264 g/mol. The number of unbranched alkanes of at least 4 members (excludes halogenated alkanes) is 2. The molecule has 0 saturated heterocycles. The van der Waals surface area contributed by atoms with Gasteiger partial charge in [0.1, 0.15) is 5.78 Å². The van der Waals surface area contributed by atoms with Gasteiger partial charge in [-0.1, -0.05) is 26.2 Å². The first kappa shape index (κ1) is 15.0. The van der Waals surface area contributed by atoms with Crippen LogP contribution in [-0.4, -0.2) is 26.6 Å². The molecule has 4 nitrogen and oxygen atoms in total. The molecule has 3 aliphatic rings. The van der Waals surface area contributed by atoms with E-state index in [1.54, 1.807) is 0 Å². The van der Waals surface area contributed by atoms with Crippen molar-refractivity contribution in [1.82, 2.24) is 0 Å². The fourth-order valence-electron chi connectivity index (χ4n) is 3.72. The zero-order chi connectivity index (χ0) is 14.0. The highest BCUT2D eigenvalue weighted by Crippen LogP contribution is 2.47. The van der Waals surface area contributed by atoms with E-state index in [0.29, 0.717) is 12.3 Å². The number of rotatable bonds is 6. The van der Waals surface area contributed by atoms with E-state index in [1.807, 2.05) is 0 Å². The molecule has 110 valence electrons. The average molecular weight is 288 g/mol. The van der Waals surface area contributed by atoms with Crippen molar-refractivity contribution in [3.05, 3.63) is 0 Å². The topological polar surface area (TPSA) is 60.4 Å². The number of ketones is 1. The Morgan fingerprint density at radius 2 is 2.00 bits per heavy atom. The number of carbonyl (C=O) groups is 1. The van der Waals surface area contributed by atoms with E-state index in [9.17, 15) is 13.2 Å². The quantitative estimate of drug-likeness (QED) is 0.556. The van der Waals surface area contributed by atoms with Crippen LogP contribution in [0.15, 0.2) is 0 Å². The van der Waals surface area contributed by atoms with Crippen LogP contribution in [0.4, 0.5) is 0 Å². The Morgan fingerprint density at radius 3 is 2.58 bits per heavy atom. The summed E-state index contributed by atoms with van der Waals surface area (Å²) in [6.45, 7) is 2.15. The van der Waals surface area contributed by atoms with Crippen molar-refractivity contribution in [2.24, 2.45) is 17.8 Å². The molecular formula is C14H24O4S. The summed E-state index contributed by atoms with van der Waals surface area (Å²) in [5.41, 5.74) is 0. The maximum Gasteiger partial charge on any atom is 0.264 e. The van der Waals surface area contributed by atoms with Crippen molar-refractivity contribution in [1.29, 1.82) is 0 Å². The molecule has 0 unspecified atom stereocenters. The minimum Gasteiger partial charge on any atom is -0.299 e. The van der Waals surface area contributed by atoms with Gasteiger partial charge in [-0.25, -0.2) is 0 Å². The van der Waals surface area contributed by atoms with E-state index >= 15 is 0 Å². The van der Waals surface area contributed by atoms with Gasteiger partial charge in [-0.3, -0.25) is 8.98 Å². The summed E-state index contributed by atoms with van der Waals surface area (Å²) < 4.78 is 28.1. The Hall–Kier alpha value is -0.420. The lowest BCUT2D eigenvalue weighted by atomic mass is 9.61. The Bertz CT molecular complexity index is 429. The highest BCUT2D eigenvalue weighted by atomic mass is 32.2. The van der Waals surface area contributed by atoms with Crippen molar-refractivity contribution in [2.45, 2.75) is 58.0 Å². The predicted molar refractivity (Wildman–Crippen MR) is 73.2 cm³/mol. The van der Waals surface area contributed by atoms with E-state index in [0.717, 1.165) is 44.8 Å². The summed E-state index contributed by atoms with van der Waals surface area (Å²) in [6.07, 6.45) is 7.57. The molecule has 0 aliphatic heterocycles. The molecule has 0 N–H and O–H groups in total. The van der Waals surface area contributed by atoms with Gasteiger partial charge < -0.3 is 0 Å². The Balaban J connectivity index is 2.10. The fraction of sp³-hybridized carbons (Fsp3) is 0.929. The number of Topliss-reactive ketones (excluding diaryl/α,β-unsaturated/α-hetero) is 1. The second-order valence-electron chi connectivity index (χ2n) is 6.04. The number of hydrogen-bond donors (Lipinski definition) is 0. The van der Waals surface area contributed by atoms with Gasteiger partial charge in [0.15, 0.2) is 0 Å². The normalized spacial score (nSPS) is 34.7. The number of carbonyl (C=O) groups excluding carboxylic acids is 1. The number of fused-ring (bicyclic) bond motifs is 3. The highest BCUT2D eigenvalue weighted by molar-refractivity contribution is 7.86. The van der Waals surface area contributed by atoms with E-state index in [1.165, 1.54) is 0 Å². The molecule has 0 aromatic rings. The molecule has 19 heavy (non-hydrogen) atoms. The lowest BCUT2D eigenvalue weighted by molar-refractivity contribution is -0.140. The van der Waals surface area contributed by atoms with Gasteiger partial charge >= 0.3 is 0 Å². The van der Waals surface area contributed by atoms with Crippen LogP contribution in [0.25, 0.3) is 0 Å². The van der Waals surface area contributed by atoms with Crippen LogP contribution in [0.5, 0.6) is 0 Å². The summed E-state index contributed by atoms with van der Waals surface area (Å²) in [7, 11) is -3.49. The summed E-state index contributed by atoms with van der Waals surface area (Å²) in [6, 6.07) is 0. The zero-order valence-electron chi connectivity index (χ0n) is 11.8. The largest absolute Gasteiger partial charge is 0.299 e. The van der Waals surface area contributed by atoms with Crippen molar-refractivity contribution in [2.75, 3.05) is 6.26 Å². The van der Waals surface area contributed by atoms with E-state index in [-0.39, 0.29) is 17.6 Å². The smallest absolute Gasteiger partial charge is 0.264 e. The lowest BCUT2D eigenvalue weighted by Gasteiger charge is -2.46. The van der Waals surface area contributed by atoms with Crippen LogP contribution in [0, 0.1) is 17.8 Å². The fourth-order valence-corrected chi connectivity index (χ4v) is 4.40. The second-order valence-corrected chi connectivity index (χ2v) is 7.64. The van der Waals surface area contributed by atoms with Crippen molar-refractivity contribution < 1.29 is 17.4 Å². The Morgan fingerprint density at radius 1 is 1.26 bits per heavy atom. The van der Waals surface area contributed by atoms with Crippen molar-refractivity contribution in [3.8, 4) is 0 Å². The molecule has 0 aromatic heterocycles. The van der Waals surface area contributed by atoms with Gasteiger partial charge in [0.05, 0.1) is 12.4 Å². The molecule has 0 amide bonds. The van der Waals surface area contributed by atoms with Crippen LogP contribution >= 0.6 is 0 Å². The number of hydrogen-bond acceptors (Lipinski definition) is 4. The van der Waals surface area contributed by atoms with E-state index < -0.39 is 16.2 Å². The minimum atomic E-state index is -3.49. The first-order valence-electron chi connectivity index (χ1n) is 7.33. The van der Waals surface area contributed by atoms with Gasteiger partial charge in [-0.2, -0.15) is 8.42 Å². The zero-order valence-corrected chi connectivity index (χ0v) is 12.6. The highest BCUT2D eigenvalue weighted by Gasteiger charge is 2.49. The molecule has 4 atom stereocenters. The third-order valence-corrected chi connectivity index (χ3v) is 5.15. The molecule has 0 aromatic carbocycles. The Kier molecular flexibility index (Phi) is 4.66. The first-order valence-corrected chi connectivity index (χ1v) is 9.15. The first-order chi connectivity index (χ1) is 8.92. The predicted octanol–water partition coefficient (Wildman–Crippen LogP) is 2.53. The monoisotopic (exact) mass is 288 g/mol. The third-order valence-electron chi connectivity index (χ3n) is 4.58. The summed E-state index contributed by atoms with van der Waals surface area (Å²) in [4.78, 5) is 12.0. The summed E-state index contributed by atoms with van der Waals surface area (Å²) in [5, 5.41) is 0. The van der Waals surface area contributed by atoms with Gasteiger partial charge in [0, 0.05) is 12.3 Å². The molecule has 2 bridgehead atoms. The Labute approximate surface area is 116 Å². The van der Waals surface area contributed by atoms with Crippen LogP contribution in [0.3, 0.4) is 0 Å². The lowest BCUT2D eigenvalue weighted by Crippen LogP contribution is -2.50. The molecule has 0 spiro atoms. The van der Waals surface area contributed by atoms with Crippen LogP contribution < -0.4 is 0 Å². The van der Waals surface area contributed by atoms with Crippen LogP contribution in [0.1, 0.15) is 51.9 Å². The van der Waals surface area contributed by atoms with Crippen molar-refractivity contribution in [3.63, 3.8) is 0 Å². The van der Waals surface area contributed by atoms with Gasteiger partial charge in [0.25, 0.3) is 10.1 Å². The van der Waals surface area contributed by atoms with Gasteiger partial charge in [0.2, 0.25) is 0 Å². The molecule has 3 fully saturated rings. The summed E-state index contributed by atoms with van der Waals surface area (Å²) >= 11 is 0. The van der Waals surface area contributed by atoms with E-state index in [4.69, 9.17) is 4.18 Å². The van der Waals surface area contributed by atoms with Crippen molar-refractivity contribution >= 4 is 15.9 Å². The standard InChI is InChI=1S/C14H24O4S/c1-3-4-5-6-11-10-7-8-12(13(15)9-10)14(11)18-19(2,16)17/h10-12,14H,3-9H2,1-2H3/t10-,11+,12+,14+/m1/s1. The third kappa shape index (κ3) is 3.57. The minimum absolute atomic E-state index is 0.189. The molecule has 0 heterocycles.